The lowest BCUT2D eigenvalue weighted by Gasteiger charge is -2.14. The van der Waals surface area contributed by atoms with Gasteiger partial charge in [0.15, 0.2) is 0 Å². The van der Waals surface area contributed by atoms with Gasteiger partial charge in [-0.2, -0.15) is 13.2 Å². The van der Waals surface area contributed by atoms with Crippen molar-refractivity contribution in [3.63, 3.8) is 0 Å². The highest BCUT2D eigenvalue weighted by Gasteiger charge is 2.31. The molecule has 0 spiro atoms. The van der Waals surface area contributed by atoms with Gasteiger partial charge in [-0.3, -0.25) is 10.1 Å². The van der Waals surface area contributed by atoms with Crippen molar-refractivity contribution < 1.29 is 37.8 Å². The van der Waals surface area contributed by atoms with Gasteiger partial charge in [0.1, 0.15) is 17.1 Å². The zero-order valence-electron chi connectivity index (χ0n) is 14.4. The minimum absolute atomic E-state index is 0.0227. The number of aromatic carboxylic acids is 1. The number of nitro benzene ring substituents is 1. The summed E-state index contributed by atoms with van der Waals surface area (Å²) in [6, 6.07) is 4.22. The Kier molecular flexibility index (Phi) is 6.83. The number of allylic oxidation sites excluding steroid dienone is 1. The van der Waals surface area contributed by atoms with Gasteiger partial charge in [-0.25, -0.2) is 4.79 Å². The third-order valence-corrected chi connectivity index (χ3v) is 3.99. The van der Waals surface area contributed by atoms with Crippen LogP contribution in [0.2, 0.25) is 5.02 Å². The molecule has 0 unspecified atom stereocenters. The van der Waals surface area contributed by atoms with Crippen molar-refractivity contribution in [3.05, 3.63) is 74.3 Å². The molecule has 154 valence electrons. The number of halogens is 4. The van der Waals surface area contributed by atoms with Crippen LogP contribution in [0.4, 0.5) is 18.9 Å². The molecule has 0 aliphatic heterocycles. The van der Waals surface area contributed by atoms with Crippen LogP contribution in [0.1, 0.15) is 21.5 Å². The minimum Gasteiger partial charge on any atom is -0.477 e. The molecular formula is C18H13ClF3NO6. The molecule has 0 fully saturated rings. The quantitative estimate of drug-likeness (QED) is 0.368. The Hall–Kier alpha value is -3.11. The van der Waals surface area contributed by atoms with Crippen molar-refractivity contribution >= 4 is 23.3 Å². The van der Waals surface area contributed by atoms with E-state index in [1.54, 1.807) is 0 Å². The largest absolute Gasteiger partial charge is 0.477 e. The van der Waals surface area contributed by atoms with Crippen molar-refractivity contribution in [2.75, 3.05) is 6.61 Å². The van der Waals surface area contributed by atoms with E-state index >= 15 is 0 Å². The van der Waals surface area contributed by atoms with Gasteiger partial charge in [-0.1, -0.05) is 23.8 Å². The Balaban J connectivity index is 2.54. The number of nitro groups is 1. The summed E-state index contributed by atoms with van der Waals surface area (Å²) in [7, 11) is 0. The summed E-state index contributed by atoms with van der Waals surface area (Å²) in [4.78, 5) is 21.7. The number of benzene rings is 2. The van der Waals surface area contributed by atoms with Gasteiger partial charge in [0, 0.05) is 17.7 Å². The first-order valence-electron chi connectivity index (χ1n) is 7.89. The van der Waals surface area contributed by atoms with Crippen LogP contribution in [0, 0.1) is 10.1 Å². The maximum Gasteiger partial charge on any atom is 0.416 e. The number of ether oxygens (including phenoxy) is 1. The number of nitrogens with zero attached hydrogens (tertiary/aromatic N) is 1. The van der Waals surface area contributed by atoms with E-state index < -0.39 is 33.9 Å². The fourth-order valence-electron chi connectivity index (χ4n) is 2.35. The molecule has 0 heterocycles. The molecule has 0 aliphatic rings. The number of carbonyl (C=O) groups is 1. The monoisotopic (exact) mass is 431 g/mol. The molecule has 2 N–H and O–H groups in total. The number of carboxylic acids is 1. The lowest BCUT2D eigenvalue weighted by atomic mass is 10.0. The highest BCUT2D eigenvalue weighted by atomic mass is 35.5. The van der Waals surface area contributed by atoms with E-state index in [-0.39, 0.29) is 35.1 Å². The molecule has 2 aromatic carbocycles. The molecule has 0 saturated carbocycles. The topological polar surface area (TPSA) is 110 Å². The van der Waals surface area contributed by atoms with Crippen LogP contribution in [0.5, 0.6) is 11.5 Å². The van der Waals surface area contributed by atoms with E-state index in [1.165, 1.54) is 12.2 Å². The van der Waals surface area contributed by atoms with E-state index in [1.807, 2.05) is 0 Å². The molecule has 0 bridgehead atoms. The summed E-state index contributed by atoms with van der Waals surface area (Å²) in [5, 5.41) is 28.9. The van der Waals surface area contributed by atoms with E-state index in [9.17, 15) is 33.2 Å². The first-order valence-corrected chi connectivity index (χ1v) is 8.27. The number of aliphatic hydroxyl groups excluding tert-OH is 1. The summed E-state index contributed by atoms with van der Waals surface area (Å²) in [6.07, 6.45) is -1.78. The molecule has 2 aromatic rings. The standard InChI is InChI=1S/C18H13ClF3NO6/c19-13-8-11(18(20,21)22)4-5-15(13)29-16-9-12(17(25)26)14(23(27)28)7-10(16)3-1-2-6-24/h1-2,4-5,7-9,24H,3,6H2,(H,25,26). The first kappa shape index (κ1) is 22.2. The van der Waals surface area contributed by atoms with Gasteiger partial charge >= 0.3 is 12.1 Å². The fourth-order valence-corrected chi connectivity index (χ4v) is 2.57. The molecule has 0 atom stereocenters. The maximum absolute atomic E-state index is 12.8. The molecule has 2 rings (SSSR count). The van der Waals surface area contributed by atoms with Crippen molar-refractivity contribution in [3.8, 4) is 11.5 Å². The Bertz CT molecular complexity index is 975. The summed E-state index contributed by atoms with van der Waals surface area (Å²) in [5.41, 5.74) is -2.18. The van der Waals surface area contributed by atoms with Crippen molar-refractivity contribution in [2.24, 2.45) is 0 Å². The molecule has 0 saturated heterocycles. The van der Waals surface area contributed by atoms with Crippen LogP contribution >= 0.6 is 11.6 Å². The summed E-state index contributed by atoms with van der Waals surface area (Å²) in [5.74, 6) is -1.92. The number of hydrogen-bond acceptors (Lipinski definition) is 5. The summed E-state index contributed by atoms with van der Waals surface area (Å²) in [6.45, 7) is -0.295. The lowest BCUT2D eigenvalue weighted by molar-refractivity contribution is -0.385. The van der Waals surface area contributed by atoms with Gasteiger partial charge in [0.25, 0.3) is 5.69 Å². The average molecular weight is 432 g/mol. The number of aliphatic hydroxyl groups is 1. The number of carboxylic acid groups (broad SMARTS) is 1. The van der Waals surface area contributed by atoms with Gasteiger partial charge in [-0.05, 0) is 24.6 Å². The summed E-state index contributed by atoms with van der Waals surface area (Å²) < 4.78 is 43.8. The SMILES string of the molecule is O=C(O)c1cc(Oc2ccc(C(F)(F)F)cc2Cl)c(CC=CCO)cc1[N+](=O)[O-]. The molecule has 0 aromatic heterocycles. The van der Waals surface area contributed by atoms with Crippen LogP contribution in [0.15, 0.2) is 42.5 Å². The molecule has 29 heavy (non-hydrogen) atoms. The average Bonchev–Trinajstić information content (AvgIpc) is 2.63. The second-order valence-electron chi connectivity index (χ2n) is 5.64. The second-order valence-corrected chi connectivity index (χ2v) is 6.05. The Morgan fingerprint density at radius 1 is 1.21 bits per heavy atom. The smallest absolute Gasteiger partial charge is 0.416 e. The fraction of sp³-hybridized carbons (Fsp3) is 0.167. The predicted octanol–water partition coefficient (Wildman–Crippen LogP) is 4.85. The predicted molar refractivity (Wildman–Crippen MR) is 96.5 cm³/mol. The maximum atomic E-state index is 12.8. The van der Waals surface area contributed by atoms with E-state index in [2.05, 4.69) is 0 Å². The van der Waals surface area contributed by atoms with Crippen molar-refractivity contribution in [2.45, 2.75) is 12.6 Å². The van der Waals surface area contributed by atoms with Crippen molar-refractivity contribution in [1.82, 2.24) is 0 Å². The first-order chi connectivity index (χ1) is 13.5. The van der Waals surface area contributed by atoms with E-state index in [0.29, 0.717) is 6.07 Å². The number of alkyl halides is 3. The highest BCUT2D eigenvalue weighted by molar-refractivity contribution is 6.32. The Labute approximate surface area is 166 Å². The third-order valence-electron chi connectivity index (χ3n) is 3.69. The van der Waals surface area contributed by atoms with Gasteiger partial charge < -0.3 is 14.9 Å². The molecule has 0 radical (unpaired) electrons. The zero-order chi connectivity index (χ0) is 21.8. The van der Waals surface area contributed by atoms with Crippen LogP contribution in [-0.2, 0) is 12.6 Å². The normalized spacial score (nSPS) is 11.6. The minimum atomic E-state index is -4.62. The van der Waals surface area contributed by atoms with Crippen LogP contribution < -0.4 is 4.74 Å². The van der Waals surface area contributed by atoms with Crippen LogP contribution in [-0.4, -0.2) is 27.7 Å². The van der Waals surface area contributed by atoms with Crippen molar-refractivity contribution in [1.29, 1.82) is 0 Å². The number of rotatable bonds is 7. The molecule has 7 nitrogen and oxygen atoms in total. The molecular weight excluding hydrogens is 419 g/mol. The number of hydrogen-bond donors (Lipinski definition) is 2. The van der Waals surface area contributed by atoms with Gasteiger partial charge in [0.2, 0.25) is 0 Å². The third kappa shape index (κ3) is 5.46. The Morgan fingerprint density at radius 2 is 1.90 bits per heavy atom. The van der Waals surface area contributed by atoms with E-state index in [4.69, 9.17) is 21.4 Å². The molecule has 0 aliphatic carbocycles. The molecule has 0 amide bonds. The van der Waals surface area contributed by atoms with Crippen LogP contribution in [0.25, 0.3) is 0 Å². The Morgan fingerprint density at radius 3 is 2.41 bits per heavy atom. The van der Waals surface area contributed by atoms with Crippen LogP contribution in [0.3, 0.4) is 0 Å². The molecule has 11 heteroatoms. The van der Waals surface area contributed by atoms with Gasteiger partial charge in [-0.15, -0.1) is 0 Å². The zero-order valence-corrected chi connectivity index (χ0v) is 15.2. The highest BCUT2D eigenvalue weighted by Crippen LogP contribution is 2.38. The van der Waals surface area contributed by atoms with E-state index in [0.717, 1.165) is 24.3 Å². The second kappa shape index (κ2) is 8.93. The lowest BCUT2D eigenvalue weighted by Crippen LogP contribution is -2.06. The van der Waals surface area contributed by atoms with Gasteiger partial charge in [0.05, 0.1) is 22.1 Å². The summed E-state index contributed by atoms with van der Waals surface area (Å²) >= 11 is 5.85.